The Kier molecular flexibility index (Phi) is 12.0. The molecule has 0 saturated carbocycles. The molecule has 5 aromatic rings. The van der Waals surface area contributed by atoms with Crippen molar-refractivity contribution in [3.8, 4) is 0 Å². The number of fused-ring (bicyclic) bond motifs is 1. The minimum atomic E-state index is -3.88. The third-order valence-electron chi connectivity index (χ3n) is 8.82. The Morgan fingerprint density at radius 1 is 0.788 bits per heavy atom. The Labute approximate surface area is 310 Å². The van der Waals surface area contributed by atoms with Gasteiger partial charge >= 0.3 is 7.60 Å². The zero-order valence-corrected chi connectivity index (χ0v) is 31.9. The Morgan fingerprint density at radius 2 is 1.37 bits per heavy atom. The van der Waals surface area contributed by atoms with Gasteiger partial charge in [-0.25, -0.2) is 4.98 Å². The maximum atomic E-state index is 14.5. The van der Waals surface area contributed by atoms with Crippen LogP contribution in [-0.4, -0.2) is 80.3 Å². The van der Waals surface area contributed by atoms with Gasteiger partial charge in [-0.3, -0.25) is 23.4 Å². The van der Waals surface area contributed by atoms with Crippen LogP contribution in [0.2, 0.25) is 0 Å². The second-order valence-electron chi connectivity index (χ2n) is 13.4. The molecular formula is C40H46N5O5PS. The van der Waals surface area contributed by atoms with Crippen molar-refractivity contribution in [1.29, 1.82) is 0 Å². The Bertz CT molecular complexity index is 1930. The number of rotatable bonds is 13. The summed E-state index contributed by atoms with van der Waals surface area (Å²) in [7, 11) is -3.88. The zero-order valence-electron chi connectivity index (χ0n) is 30.2. The summed E-state index contributed by atoms with van der Waals surface area (Å²) in [5.41, 5.74) is 3.51. The van der Waals surface area contributed by atoms with Gasteiger partial charge in [0, 0.05) is 55.2 Å². The summed E-state index contributed by atoms with van der Waals surface area (Å²) >= 11 is 0.972. The monoisotopic (exact) mass is 739 g/mol. The topological polar surface area (TPSA) is 108 Å². The molecule has 0 aliphatic carbocycles. The van der Waals surface area contributed by atoms with Crippen molar-refractivity contribution in [2.24, 2.45) is 0 Å². The van der Waals surface area contributed by atoms with Crippen molar-refractivity contribution < 1.29 is 23.2 Å². The molecule has 272 valence electrons. The molecule has 2 amide bonds. The van der Waals surface area contributed by atoms with Crippen LogP contribution in [-0.2, 0) is 18.4 Å². The van der Waals surface area contributed by atoms with Crippen LogP contribution in [0.1, 0.15) is 62.3 Å². The first-order chi connectivity index (χ1) is 25.0. The Morgan fingerprint density at radius 3 is 1.94 bits per heavy atom. The number of aromatic amines is 1. The van der Waals surface area contributed by atoms with Gasteiger partial charge in [-0.05, 0) is 70.0 Å². The lowest BCUT2D eigenvalue weighted by molar-refractivity contribution is -0.136. The summed E-state index contributed by atoms with van der Waals surface area (Å²) < 4.78 is 27.6. The number of piperazine rings is 1. The molecular weight excluding hydrogens is 694 g/mol. The van der Waals surface area contributed by atoms with E-state index >= 15 is 0 Å². The van der Waals surface area contributed by atoms with E-state index in [-0.39, 0.29) is 22.3 Å². The van der Waals surface area contributed by atoms with Crippen LogP contribution in [0, 0.1) is 0 Å². The highest BCUT2D eigenvalue weighted by Crippen LogP contribution is 2.51. The molecule has 0 spiro atoms. The highest BCUT2D eigenvalue weighted by molar-refractivity contribution is 7.98. The molecule has 6 rings (SSSR count). The van der Waals surface area contributed by atoms with Gasteiger partial charge < -0.3 is 18.9 Å². The summed E-state index contributed by atoms with van der Waals surface area (Å²) in [6.07, 6.45) is 0.747. The second-order valence-corrected chi connectivity index (χ2v) is 16.2. The van der Waals surface area contributed by atoms with E-state index in [9.17, 15) is 14.2 Å². The average molecular weight is 740 g/mol. The molecule has 52 heavy (non-hydrogen) atoms. The van der Waals surface area contributed by atoms with Crippen LogP contribution in [0.15, 0.2) is 114 Å². The van der Waals surface area contributed by atoms with E-state index in [1.54, 1.807) is 59.0 Å². The SMILES string of the molecule is CC(C)OP(=O)(OC(C)C)c1cccnc1SN(C(=O)c1cc2ccccc2[nH]1)[C@H](C)C(=O)N1CCN(C(c2ccccc2)c2ccccc2)CC1. The lowest BCUT2D eigenvalue weighted by Crippen LogP contribution is -2.54. The van der Waals surface area contributed by atoms with Crippen molar-refractivity contribution in [2.75, 3.05) is 26.2 Å². The van der Waals surface area contributed by atoms with Crippen LogP contribution >= 0.6 is 19.5 Å². The third-order valence-corrected chi connectivity index (χ3v) is 12.5. The van der Waals surface area contributed by atoms with E-state index < -0.39 is 31.8 Å². The summed E-state index contributed by atoms with van der Waals surface area (Å²) in [5.74, 6) is -0.597. The van der Waals surface area contributed by atoms with Crippen LogP contribution in [0.5, 0.6) is 0 Å². The second kappa shape index (κ2) is 16.6. The van der Waals surface area contributed by atoms with E-state index in [1.165, 1.54) is 15.4 Å². The molecule has 1 aliphatic rings. The quantitative estimate of drug-likeness (QED) is 0.0968. The summed E-state index contributed by atoms with van der Waals surface area (Å²) in [4.78, 5) is 40.9. The van der Waals surface area contributed by atoms with E-state index in [1.807, 2.05) is 41.3 Å². The summed E-state index contributed by atoms with van der Waals surface area (Å²) in [5, 5.41) is 1.36. The van der Waals surface area contributed by atoms with Gasteiger partial charge in [-0.2, -0.15) is 0 Å². The fourth-order valence-electron chi connectivity index (χ4n) is 6.50. The minimum Gasteiger partial charge on any atom is -0.350 e. The lowest BCUT2D eigenvalue weighted by atomic mass is 9.96. The smallest absolute Gasteiger partial charge is 0.350 e. The van der Waals surface area contributed by atoms with Crippen molar-refractivity contribution in [1.82, 2.24) is 24.1 Å². The number of amides is 2. The largest absolute Gasteiger partial charge is 0.364 e. The number of nitrogens with one attached hydrogen (secondary N) is 1. The van der Waals surface area contributed by atoms with Crippen molar-refractivity contribution in [3.05, 3.63) is 126 Å². The van der Waals surface area contributed by atoms with Crippen LogP contribution in [0.4, 0.5) is 0 Å². The molecule has 12 heteroatoms. The summed E-state index contributed by atoms with van der Waals surface area (Å²) in [6.45, 7) is 11.2. The first kappa shape index (κ1) is 37.5. The first-order valence-electron chi connectivity index (χ1n) is 17.7. The molecule has 1 fully saturated rings. The van der Waals surface area contributed by atoms with Gasteiger partial charge in [0.15, 0.2) is 0 Å². The fourth-order valence-corrected chi connectivity index (χ4v) is 9.79. The normalized spacial score (nSPS) is 14.7. The van der Waals surface area contributed by atoms with Gasteiger partial charge in [0.25, 0.3) is 5.91 Å². The van der Waals surface area contributed by atoms with Crippen molar-refractivity contribution >= 4 is 47.6 Å². The maximum Gasteiger partial charge on any atom is 0.364 e. The number of nitrogens with zero attached hydrogens (tertiary/aromatic N) is 4. The Hall–Kier alpha value is -4.25. The third kappa shape index (κ3) is 8.51. The van der Waals surface area contributed by atoms with Gasteiger partial charge in [-0.1, -0.05) is 78.9 Å². The van der Waals surface area contributed by atoms with Crippen molar-refractivity contribution in [3.63, 3.8) is 0 Å². The average Bonchev–Trinajstić information content (AvgIpc) is 3.58. The maximum absolute atomic E-state index is 14.5. The van der Waals surface area contributed by atoms with E-state index in [2.05, 4.69) is 63.4 Å². The number of hydrogen-bond donors (Lipinski definition) is 1. The summed E-state index contributed by atoms with van der Waals surface area (Å²) in [6, 6.07) is 32.7. The number of carbonyl (C=O) groups is 2. The van der Waals surface area contributed by atoms with Gasteiger partial charge in [0.1, 0.15) is 16.8 Å². The number of hydrogen-bond acceptors (Lipinski definition) is 8. The molecule has 2 aromatic heterocycles. The predicted octanol–water partition coefficient (Wildman–Crippen LogP) is 7.70. The van der Waals surface area contributed by atoms with Crippen LogP contribution < -0.4 is 5.30 Å². The van der Waals surface area contributed by atoms with Gasteiger partial charge in [0.05, 0.1) is 23.6 Å². The molecule has 3 heterocycles. The van der Waals surface area contributed by atoms with Crippen LogP contribution in [0.25, 0.3) is 10.9 Å². The van der Waals surface area contributed by atoms with Gasteiger partial charge in [-0.15, -0.1) is 0 Å². The number of carbonyl (C=O) groups excluding carboxylic acids is 2. The highest BCUT2D eigenvalue weighted by Gasteiger charge is 2.39. The molecule has 0 radical (unpaired) electrons. The van der Waals surface area contributed by atoms with Gasteiger partial charge in [0.2, 0.25) is 5.91 Å². The standard InChI is InChI=1S/C40H46N5O5PS/c1-28(2)49-51(48,50-29(3)4)36-21-14-22-41-38(36)52-45(40(47)35-27-33-19-12-13-20-34(33)42-35)30(5)39(46)44-25-23-43(24-26-44)37(31-15-8-6-9-16-31)32-17-10-7-11-18-32/h6-22,27-30,37,42H,23-26H2,1-5H3/t30-/m1/s1. The molecule has 1 N–H and O–H groups in total. The number of H-pyrrole nitrogens is 1. The highest BCUT2D eigenvalue weighted by atomic mass is 32.2. The van der Waals surface area contributed by atoms with E-state index in [0.717, 1.165) is 22.9 Å². The molecule has 1 atom stereocenters. The molecule has 1 aliphatic heterocycles. The van der Waals surface area contributed by atoms with Crippen molar-refractivity contribution in [2.45, 2.75) is 63.9 Å². The fraction of sp³-hybridized carbons (Fsp3) is 0.325. The number of benzene rings is 3. The van der Waals surface area contributed by atoms with Crippen LogP contribution in [0.3, 0.4) is 0 Å². The number of para-hydroxylation sites is 1. The minimum absolute atomic E-state index is 0.0482. The van der Waals surface area contributed by atoms with E-state index in [4.69, 9.17) is 9.05 Å². The molecule has 10 nitrogen and oxygen atoms in total. The zero-order chi connectivity index (χ0) is 36.8. The Balaban J connectivity index is 1.29. The lowest BCUT2D eigenvalue weighted by Gasteiger charge is -2.41. The molecule has 3 aromatic carbocycles. The van der Waals surface area contributed by atoms with E-state index in [0.29, 0.717) is 31.9 Å². The molecule has 1 saturated heterocycles. The molecule has 0 bridgehead atoms. The molecule has 0 unspecified atom stereocenters. The predicted molar refractivity (Wildman–Crippen MR) is 207 cm³/mol. The first-order valence-corrected chi connectivity index (χ1v) is 20.0. The number of aromatic nitrogens is 2. The number of pyridine rings is 1.